The fourth-order valence-corrected chi connectivity index (χ4v) is 6.40. The molecule has 0 aliphatic carbocycles. The number of quaternary nitrogens is 1. The molecule has 3 atom stereocenters. The zero-order chi connectivity index (χ0) is 32.3. The zero-order valence-corrected chi connectivity index (χ0v) is 28.4. The minimum atomic E-state index is -0.886. The van der Waals surface area contributed by atoms with Crippen LogP contribution in [0.5, 0.6) is 0 Å². The van der Waals surface area contributed by atoms with E-state index in [1.807, 2.05) is 20.8 Å². The van der Waals surface area contributed by atoms with Gasteiger partial charge in [0.1, 0.15) is 17.8 Å². The SMILES string of the molecule is C/C=C/CCCCCCCCCCCCCCCCCC[N+](CC(CC)C(=O)O)(CC(CC)C(=O)O)CC(CC)C(=O)O. The molecule has 0 spiro atoms. The molecule has 0 aromatic heterocycles. The van der Waals surface area contributed by atoms with E-state index in [1.54, 1.807) is 0 Å². The van der Waals surface area contributed by atoms with Crippen LogP contribution in [-0.2, 0) is 14.4 Å². The van der Waals surface area contributed by atoms with Crippen molar-refractivity contribution in [3.05, 3.63) is 12.2 Å². The Hall–Kier alpha value is -1.89. The summed E-state index contributed by atoms with van der Waals surface area (Å²) in [6, 6.07) is 0. The quantitative estimate of drug-likeness (QED) is 0.0410. The Bertz CT molecular complexity index is 692. The number of hydrogen-bond donors (Lipinski definition) is 3. The van der Waals surface area contributed by atoms with Crippen molar-refractivity contribution in [2.75, 3.05) is 26.2 Å². The first-order chi connectivity index (χ1) is 20.7. The Morgan fingerprint density at radius 1 is 0.512 bits per heavy atom. The predicted molar refractivity (Wildman–Crippen MR) is 177 cm³/mol. The highest BCUT2D eigenvalue weighted by molar-refractivity contribution is 5.71. The van der Waals surface area contributed by atoms with Gasteiger partial charge in [-0.1, -0.05) is 116 Å². The molecule has 3 N–H and O–H groups in total. The molecule has 0 aliphatic rings. The maximum absolute atomic E-state index is 12.0. The molecule has 252 valence electrons. The van der Waals surface area contributed by atoms with Gasteiger partial charge in [0.2, 0.25) is 0 Å². The van der Waals surface area contributed by atoms with Gasteiger partial charge in [0.25, 0.3) is 0 Å². The Kier molecular flexibility index (Phi) is 25.3. The fraction of sp³-hybridized carbons (Fsp3) is 0.861. The van der Waals surface area contributed by atoms with Crippen LogP contribution in [0.15, 0.2) is 12.2 Å². The summed E-state index contributed by atoms with van der Waals surface area (Å²) < 4.78 is 0.261. The number of carboxylic acids is 3. The highest BCUT2D eigenvalue weighted by atomic mass is 16.4. The van der Waals surface area contributed by atoms with E-state index in [-0.39, 0.29) is 24.1 Å². The molecule has 0 saturated carbocycles. The van der Waals surface area contributed by atoms with E-state index in [0.717, 1.165) is 19.3 Å². The molecular weight excluding hydrogens is 542 g/mol. The van der Waals surface area contributed by atoms with Crippen molar-refractivity contribution in [2.24, 2.45) is 17.8 Å². The highest BCUT2D eigenvalue weighted by Crippen LogP contribution is 2.25. The Labute approximate surface area is 264 Å². The predicted octanol–water partition coefficient (Wildman–Crippen LogP) is 9.34. The summed E-state index contributed by atoms with van der Waals surface area (Å²) in [5, 5.41) is 29.5. The maximum atomic E-state index is 12.0. The van der Waals surface area contributed by atoms with Gasteiger partial charge in [-0.15, -0.1) is 0 Å². The minimum absolute atomic E-state index is 0.261. The van der Waals surface area contributed by atoms with Crippen molar-refractivity contribution in [1.82, 2.24) is 0 Å². The van der Waals surface area contributed by atoms with Crippen LogP contribution in [-0.4, -0.2) is 63.9 Å². The summed E-state index contributed by atoms with van der Waals surface area (Å²) in [5.74, 6) is -4.50. The number of carboxylic acid groups (broad SMARTS) is 3. The lowest BCUT2D eigenvalue weighted by molar-refractivity contribution is -0.935. The Morgan fingerprint density at radius 2 is 0.791 bits per heavy atom. The van der Waals surface area contributed by atoms with E-state index in [9.17, 15) is 29.7 Å². The average molecular weight is 611 g/mol. The monoisotopic (exact) mass is 611 g/mol. The van der Waals surface area contributed by atoms with Crippen molar-refractivity contribution < 1.29 is 34.2 Å². The van der Waals surface area contributed by atoms with Gasteiger partial charge in [0.15, 0.2) is 0 Å². The Balaban J connectivity index is 4.59. The summed E-state index contributed by atoms with van der Waals surface area (Å²) >= 11 is 0. The molecule has 0 bridgehead atoms. The van der Waals surface area contributed by atoms with Gasteiger partial charge < -0.3 is 19.8 Å². The third-order valence-corrected chi connectivity index (χ3v) is 9.34. The van der Waals surface area contributed by atoms with E-state index in [0.29, 0.717) is 25.8 Å². The number of allylic oxidation sites excluding steroid dienone is 2. The lowest BCUT2D eigenvalue weighted by Crippen LogP contribution is -2.58. The van der Waals surface area contributed by atoms with E-state index >= 15 is 0 Å². The van der Waals surface area contributed by atoms with Crippen LogP contribution in [0.2, 0.25) is 0 Å². The van der Waals surface area contributed by atoms with Gasteiger partial charge in [-0.3, -0.25) is 14.4 Å². The topological polar surface area (TPSA) is 112 Å². The second kappa shape index (κ2) is 26.5. The molecule has 0 aromatic carbocycles. The summed E-state index contributed by atoms with van der Waals surface area (Å²) in [6.45, 7) is 9.10. The standard InChI is InChI=1S/C36H67NO6/c1-5-9-10-11-12-13-14-15-16-17-18-19-20-21-22-23-24-25-26-27-37(28-31(6-2)34(38)39,29-32(7-3)35(40)41)30-33(8-4)36(42)43/h5,9,31-33H,6-8,10-30H2,1-4H3,(H2-,38,39,40,41,42,43)/p+1/b9-5+. The van der Waals surface area contributed by atoms with Gasteiger partial charge >= 0.3 is 17.9 Å². The lowest BCUT2D eigenvalue weighted by atomic mass is 9.95. The van der Waals surface area contributed by atoms with Crippen molar-refractivity contribution >= 4 is 17.9 Å². The third kappa shape index (κ3) is 20.7. The van der Waals surface area contributed by atoms with Gasteiger partial charge in [0, 0.05) is 0 Å². The maximum Gasteiger partial charge on any atom is 0.312 e. The van der Waals surface area contributed by atoms with Crippen molar-refractivity contribution in [3.8, 4) is 0 Å². The average Bonchev–Trinajstić information content (AvgIpc) is 2.98. The number of carbonyl (C=O) groups is 3. The molecule has 0 aromatic rings. The lowest BCUT2D eigenvalue weighted by Gasteiger charge is -2.43. The van der Waals surface area contributed by atoms with Crippen LogP contribution in [0.25, 0.3) is 0 Å². The number of aliphatic carboxylic acids is 3. The van der Waals surface area contributed by atoms with E-state index < -0.39 is 35.7 Å². The van der Waals surface area contributed by atoms with Crippen LogP contribution in [0.3, 0.4) is 0 Å². The molecule has 43 heavy (non-hydrogen) atoms. The third-order valence-electron chi connectivity index (χ3n) is 9.34. The highest BCUT2D eigenvalue weighted by Gasteiger charge is 2.40. The first-order valence-electron chi connectivity index (χ1n) is 17.8. The van der Waals surface area contributed by atoms with E-state index in [4.69, 9.17) is 0 Å². The minimum Gasteiger partial charge on any atom is -0.481 e. The first kappa shape index (κ1) is 41.1. The largest absolute Gasteiger partial charge is 0.481 e. The summed E-state index contributed by atoms with van der Waals surface area (Å²) in [7, 11) is 0. The van der Waals surface area contributed by atoms with Crippen molar-refractivity contribution in [1.29, 1.82) is 0 Å². The molecular formula is C36H68NO6+. The van der Waals surface area contributed by atoms with Gasteiger partial charge in [-0.05, 0) is 51.9 Å². The fourth-order valence-electron chi connectivity index (χ4n) is 6.40. The van der Waals surface area contributed by atoms with Gasteiger partial charge in [0.05, 0.1) is 26.2 Å². The Morgan fingerprint density at radius 3 is 1.05 bits per heavy atom. The van der Waals surface area contributed by atoms with E-state index in [1.165, 1.54) is 89.9 Å². The molecule has 0 rings (SSSR count). The molecule has 0 saturated heterocycles. The molecule has 0 aliphatic heterocycles. The second-order valence-electron chi connectivity index (χ2n) is 13.0. The molecule has 0 amide bonds. The first-order valence-corrected chi connectivity index (χ1v) is 17.8. The number of unbranched alkanes of at least 4 members (excludes halogenated alkanes) is 16. The summed E-state index contributed by atoms with van der Waals surface area (Å²) in [5.41, 5.74) is 0. The number of hydrogen-bond acceptors (Lipinski definition) is 3. The molecule has 3 unspecified atom stereocenters. The molecule has 0 heterocycles. The summed E-state index contributed by atoms with van der Waals surface area (Å²) in [4.78, 5) is 36.0. The van der Waals surface area contributed by atoms with Crippen molar-refractivity contribution in [3.63, 3.8) is 0 Å². The van der Waals surface area contributed by atoms with Crippen LogP contribution >= 0.6 is 0 Å². The normalized spacial score (nSPS) is 15.3. The molecule has 0 radical (unpaired) electrons. The number of nitrogens with zero attached hydrogens (tertiary/aromatic N) is 1. The summed E-state index contributed by atoms with van der Waals surface area (Å²) in [6.07, 6.45) is 27.2. The van der Waals surface area contributed by atoms with Crippen molar-refractivity contribution in [2.45, 2.75) is 156 Å². The number of rotatable bonds is 31. The molecule has 7 heteroatoms. The smallest absolute Gasteiger partial charge is 0.312 e. The van der Waals surface area contributed by atoms with Crippen LogP contribution in [0.1, 0.15) is 156 Å². The van der Waals surface area contributed by atoms with Crippen LogP contribution < -0.4 is 0 Å². The van der Waals surface area contributed by atoms with E-state index in [2.05, 4.69) is 19.1 Å². The molecule has 0 fully saturated rings. The van der Waals surface area contributed by atoms with Gasteiger partial charge in [-0.25, -0.2) is 0 Å². The zero-order valence-electron chi connectivity index (χ0n) is 28.4. The second-order valence-corrected chi connectivity index (χ2v) is 13.0. The van der Waals surface area contributed by atoms with Crippen LogP contribution in [0, 0.1) is 17.8 Å². The molecule has 7 nitrogen and oxygen atoms in total. The van der Waals surface area contributed by atoms with Gasteiger partial charge in [-0.2, -0.15) is 0 Å². The van der Waals surface area contributed by atoms with Crippen LogP contribution in [0.4, 0.5) is 0 Å².